The normalized spacial score (nSPS) is 14.3. The topological polar surface area (TPSA) is 185 Å². The number of carboxylic acids is 1. The molecular weight excluding hydrogens is 738 g/mol. The maximum atomic E-state index is 13.0. The Labute approximate surface area is 331 Å². The average Bonchev–Trinajstić information content (AvgIpc) is 3.88. The van der Waals surface area contributed by atoms with E-state index in [1.54, 1.807) is 43.4 Å². The minimum absolute atomic E-state index is 0.0340. The van der Waals surface area contributed by atoms with Crippen LogP contribution in [-0.4, -0.2) is 102 Å². The van der Waals surface area contributed by atoms with Gasteiger partial charge in [0.25, 0.3) is 0 Å². The van der Waals surface area contributed by atoms with E-state index in [9.17, 15) is 28.0 Å². The molecule has 6 rings (SSSR count). The molecule has 2 aliphatic heterocycles. The highest BCUT2D eigenvalue weighted by molar-refractivity contribution is 5.95. The Bertz CT molecular complexity index is 1850. The van der Waals surface area contributed by atoms with Gasteiger partial charge in [0, 0.05) is 69.3 Å². The van der Waals surface area contributed by atoms with Gasteiger partial charge in [-0.3, -0.25) is 19.2 Å². The highest BCUT2D eigenvalue weighted by Crippen LogP contribution is 2.24. The van der Waals surface area contributed by atoms with Crippen LogP contribution in [0.15, 0.2) is 69.7 Å². The van der Waals surface area contributed by atoms with Gasteiger partial charge in [-0.05, 0) is 94.4 Å². The largest absolute Gasteiger partial charge is 0.481 e. The maximum Gasteiger partial charge on any atom is 0.309 e. The third-order valence-electron chi connectivity index (χ3n) is 9.99. The first-order valence-electron chi connectivity index (χ1n) is 19.6. The number of nitrogens with one attached hydrogen (secondary N) is 1. The molecule has 13 nitrogen and oxygen atoms in total. The number of carbonyl (C=O) groups excluding carboxylic acids is 3. The molecule has 0 unspecified atom stereocenters. The van der Waals surface area contributed by atoms with Crippen LogP contribution in [0.1, 0.15) is 85.2 Å². The quantitative estimate of drug-likeness (QED) is 0.0653. The molecule has 0 saturated carbocycles. The minimum Gasteiger partial charge on any atom is -0.481 e. The maximum absolute atomic E-state index is 13.0. The third kappa shape index (κ3) is 14.1. The fraction of sp³-hybridized carbons (Fsp3) is 0.476. The molecule has 2 aromatic heterocycles. The standard InChI is InChI=1S/C21H26FN3O3.C20H23FN2O4.CH5N/c1-23-21(27)16-13-25(14-16)11-5-3-2-4-6-19(26)18-12-20(28-24-18)15-7-9-17(22)10-8-15;21-16-8-6-14(7-9-16)19-11-17(22-27-19)18(24)5-3-1-2-4-10-23-12-15(13-23)20(25)26;1-2/h7-10,12,16H,2-6,11,13-14H2,1H3,(H,23,27);6-9,11,15H,1-5,10,12-13H2,(H,25,26);2H2,1H3. The number of aliphatic carboxylic acids is 1. The Morgan fingerprint density at radius 2 is 1.05 bits per heavy atom. The summed E-state index contributed by atoms with van der Waals surface area (Å²) >= 11 is 0. The number of halogens is 2. The molecule has 4 N–H and O–H groups in total. The molecule has 57 heavy (non-hydrogen) atoms. The summed E-state index contributed by atoms with van der Waals surface area (Å²) in [6, 6.07) is 14.9. The molecule has 0 spiro atoms. The Balaban J connectivity index is 0.000000242. The molecule has 2 fully saturated rings. The predicted molar refractivity (Wildman–Crippen MR) is 210 cm³/mol. The summed E-state index contributed by atoms with van der Waals surface area (Å²) < 4.78 is 36.3. The first kappa shape index (κ1) is 44.6. The molecule has 0 radical (unpaired) electrons. The Morgan fingerprint density at radius 3 is 1.44 bits per heavy atom. The molecule has 15 heteroatoms. The van der Waals surface area contributed by atoms with Gasteiger partial charge in [0.15, 0.2) is 23.1 Å². The molecule has 4 heterocycles. The molecule has 1 amide bonds. The average molecular weight is 793 g/mol. The molecule has 0 atom stereocenters. The van der Waals surface area contributed by atoms with Gasteiger partial charge in [-0.2, -0.15) is 0 Å². The number of hydrogen-bond donors (Lipinski definition) is 3. The van der Waals surface area contributed by atoms with Crippen LogP contribution in [0.2, 0.25) is 0 Å². The first-order chi connectivity index (χ1) is 27.6. The zero-order valence-corrected chi connectivity index (χ0v) is 32.8. The SMILES string of the molecule is CN.CNC(=O)C1CN(CCCCCCC(=O)c2cc(-c3ccc(F)cc3)on2)C1.O=C(CCCCCCN1CC(C(=O)O)C1)c1cc(-c2ccc(F)cc2)on1. The van der Waals surface area contributed by atoms with Crippen LogP contribution in [0.4, 0.5) is 8.78 Å². The molecule has 308 valence electrons. The first-order valence-corrected chi connectivity index (χ1v) is 19.6. The van der Waals surface area contributed by atoms with Crippen LogP contribution in [0, 0.1) is 23.5 Å². The minimum atomic E-state index is -0.708. The number of nitrogens with two attached hydrogens (primary N) is 1. The lowest BCUT2D eigenvalue weighted by molar-refractivity contribution is -0.147. The van der Waals surface area contributed by atoms with Gasteiger partial charge in [-0.25, -0.2) is 8.78 Å². The number of carboxylic acid groups (broad SMARTS) is 1. The van der Waals surface area contributed by atoms with Crippen LogP contribution in [0.25, 0.3) is 22.6 Å². The highest BCUT2D eigenvalue weighted by atomic mass is 19.1. The van der Waals surface area contributed by atoms with E-state index in [-0.39, 0.29) is 40.9 Å². The van der Waals surface area contributed by atoms with Crippen molar-refractivity contribution in [3.05, 3.63) is 83.7 Å². The molecule has 2 aromatic carbocycles. The van der Waals surface area contributed by atoms with Gasteiger partial charge < -0.3 is 35.0 Å². The molecular formula is C42H54F2N6O7. The van der Waals surface area contributed by atoms with E-state index in [2.05, 4.69) is 31.2 Å². The van der Waals surface area contributed by atoms with Crippen LogP contribution < -0.4 is 11.1 Å². The summed E-state index contributed by atoms with van der Waals surface area (Å²) in [5.41, 5.74) is 6.49. The van der Waals surface area contributed by atoms with Crippen molar-refractivity contribution in [2.24, 2.45) is 17.6 Å². The van der Waals surface area contributed by atoms with E-state index in [0.29, 0.717) is 60.0 Å². The lowest BCUT2D eigenvalue weighted by Crippen LogP contribution is -2.53. The number of aromatic nitrogens is 2. The Hall–Kier alpha value is -5.12. The summed E-state index contributed by atoms with van der Waals surface area (Å²) in [7, 11) is 3.18. The Kier molecular flexibility index (Phi) is 18.1. The van der Waals surface area contributed by atoms with Gasteiger partial charge in [-0.15, -0.1) is 0 Å². The van der Waals surface area contributed by atoms with Crippen molar-refractivity contribution in [3.63, 3.8) is 0 Å². The van der Waals surface area contributed by atoms with E-state index in [1.807, 2.05) is 0 Å². The van der Waals surface area contributed by atoms with E-state index < -0.39 is 5.97 Å². The molecule has 0 aliphatic carbocycles. The second-order valence-electron chi connectivity index (χ2n) is 14.2. The third-order valence-corrected chi connectivity index (χ3v) is 9.99. The number of rotatable bonds is 20. The van der Waals surface area contributed by atoms with E-state index >= 15 is 0 Å². The lowest BCUT2D eigenvalue weighted by Gasteiger charge is -2.37. The second-order valence-corrected chi connectivity index (χ2v) is 14.2. The number of likely N-dealkylation sites (tertiary alicyclic amines) is 2. The van der Waals surface area contributed by atoms with Gasteiger partial charge in [0.1, 0.15) is 23.0 Å². The van der Waals surface area contributed by atoms with Crippen molar-refractivity contribution >= 4 is 23.4 Å². The van der Waals surface area contributed by atoms with Crippen LogP contribution in [-0.2, 0) is 9.59 Å². The molecule has 0 bridgehead atoms. The smallest absolute Gasteiger partial charge is 0.309 e. The van der Waals surface area contributed by atoms with E-state index in [4.69, 9.17) is 14.2 Å². The number of nitrogens with zero attached hydrogens (tertiary/aromatic N) is 4. The van der Waals surface area contributed by atoms with Crippen molar-refractivity contribution in [3.8, 4) is 22.6 Å². The summed E-state index contributed by atoms with van der Waals surface area (Å²) in [6.07, 6.45) is 8.57. The van der Waals surface area contributed by atoms with Crippen molar-refractivity contribution in [1.82, 2.24) is 25.4 Å². The molecule has 2 saturated heterocycles. The van der Waals surface area contributed by atoms with E-state index in [0.717, 1.165) is 77.5 Å². The van der Waals surface area contributed by atoms with Crippen molar-refractivity contribution in [2.45, 2.75) is 64.2 Å². The number of carbonyl (C=O) groups is 4. The number of unbranched alkanes of at least 4 members (excludes halogenated alkanes) is 6. The second kappa shape index (κ2) is 23.2. The zero-order valence-electron chi connectivity index (χ0n) is 32.8. The summed E-state index contributed by atoms with van der Waals surface area (Å²) in [6.45, 7) is 4.92. The summed E-state index contributed by atoms with van der Waals surface area (Å²) in [5.74, 6) is -0.460. The van der Waals surface area contributed by atoms with Crippen molar-refractivity contribution in [2.75, 3.05) is 53.4 Å². The molecule has 4 aromatic rings. The fourth-order valence-corrected chi connectivity index (χ4v) is 6.55. The zero-order chi connectivity index (χ0) is 41.2. The van der Waals surface area contributed by atoms with E-state index in [1.165, 1.54) is 31.3 Å². The van der Waals surface area contributed by atoms with Crippen LogP contribution in [0.5, 0.6) is 0 Å². The number of amides is 1. The number of ketones is 2. The van der Waals surface area contributed by atoms with Gasteiger partial charge in [0.05, 0.1) is 11.8 Å². The van der Waals surface area contributed by atoms with Gasteiger partial charge in [0.2, 0.25) is 5.91 Å². The summed E-state index contributed by atoms with van der Waals surface area (Å²) in [4.78, 5) is 51.0. The number of Topliss-reactive ketones (excluding diaryl/α,β-unsaturated/α-hetero) is 2. The van der Waals surface area contributed by atoms with Gasteiger partial charge in [-0.1, -0.05) is 36.0 Å². The Morgan fingerprint density at radius 1 is 0.667 bits per heavy atom. The highest BCUT2D eigenvalue weighted by Gasteiger charge is 2.32. The van der Waals surface area contributed by atoms with Crippen molar-refractivity contribution in [1.29, 1.82) is 0 Å². The molecule has 2 aliphatic rings. The van der Waals surface area contributed by atoms with Crippen molar-refractivity contribution < 1.29 is 42.1 Å². The van der Waals surface area contributed by atoms with Gasteiger partial charge >= 0.3 is 5.97 Å². The van der Waals surface area contributed by atoms with Crippen LogP contribution >= 0.6 is 0 Å². The summed E-state index contributed by atoms with van der Waals surface area (Å²) in [5, 5.41) is 19.2. The lowest BCUT2D eigenvalue weighted by atomic mass is 9.98. The van der Waals surface area contributed by atoms with Crippen LogP contribution in [0.3, 0.4) is 0 Å². The monoisotopic (exact) mass is 792 g/mol. The predicted octanol–water partition coefficient (Wildman–Crippen LogP) is 6.50. The fourth-order valence-electron chi connectivity index (χ4n) is 6.55. The number of hydrogen-bond acceptors (Lipinski definition) is 11. The number of benzene rings is 2.